The summed E-state index contributed by atoms with van der Waals surface area (Å²) in [7, 11) is 0. The summed E-state index contributed by atoms with van der Waals surface area (Å²) in [4.78, 5) is 0. The van der Waals surface area contributed by atoms with Crippen LogP contribution in [0, 0.1) is 12.5 Å². The molecule has 0 aliphatic rings. The third kappa shape index (κ3) is 3.66. The zero-order valence-electron chi connectivity index (χ0n) is 5.59. The predicted octanol–water partition coefficient (Wildman–Crippen LogP) is 2.58. The minimum Gasteiger partial charge on any atom is -0.0914 e. The molecule has 1 unspecified atom stereocenters. The largest absolute Gasteiger partial charge is 0.0914 e. The van der Waals surface area contributed by atoms with Crippen LogP contribution in [0.4, 0.5) is 0 Å². The molecule has 8 heavy (non-hydrogen) atoms. The van der Waals surface area contributed by atoms with Crippen molar-refractivity contribution in [1.82, 2.24) is 0 Å². The molecule has 0 aliphatic heterocycles. The van der Waals surface area contributed by atoms with Gasteiger partial charge < -0.3 is 0 Å². The van der Waals surface area contributed by atoms with Crippen molar-refractivity contribution in [3.63, 3.8) is 0 Å². The van der Waals surface area contributed by atoms with Crippen LogP contribution in [0.2, 0.25) is 0 Å². The van der Waals surface area contributed by atoms with E-state index in [1.807, 2.05) is 13.0 Å². The lowest BCUT2D eigenvalue weighted by Gasteiger charge is -1.97. The average molecular weight is 109 g/mol. The van der Waals surface area contributed by atoms with Gasteiger partial charge in [0.2, 0.25) is 0 Å². The van der Waals surface area contributed by atoms with Crippen molar-refractivity contribution >= 4 is 0 Å². The molecule has 0 aromatic carbocycles. The Bertz CT molecular complexity index is 80.0. The molecule has 0 rings (SSSR count). The van der Waals surface area contributed by atoms with Gasteiger partial charge in [-0.15, -0.1) is 0 Å². The fourth-order valence-electron chi connectivity index (χ4n) is 0.622. The molecular formula is C8H13. The van der Waals surface area contributed by atoms with Gasteiger partial charge >= 0.3 is 0 Å². The molecule has 0 fully saturated rings. The summed E-state index contributed by atoms with van der Waals surface area (Å²) >= 11 is 0. The van der Waals surface area contributed by atoms with E-state index >= 15 is 0 Å². The van der Waals surface area contributed by atoms with E-state index in [4.69, 9.17) is 6.58 Å². The highest BCUT2D eigenvalue weighted by Gasteiger charge is 1.88. The van der Waals surface area contributed by atoms with Gasteiger partial charge in [-0.3, -0.25) is 0 Å². The Morgan fingerprint density at radius 1 is 1.62 bits per heavy atom. The molecule has 0 aliphatic carbocycles. The standard InChI is InChI=1S/C8H13/c1-4-6-8(3)7-5-2/h1,4-5,7-8H,6H2,2-3H3. The third-order valence-corrected chi connectivity index (χ3v) is 1.03. The Hall–Kier alpha value is -0.520. The average Bonchev–Trinajstić information content (AvgIpc) is 1.68. The quantitative estimate of drug-likeness (QED) is 0.489. The fourth-order valence-corrected chi connectivity index (χ4v) is 0.622. The summed E-state index contributed by atoms with van der Waals surface area (Å²) in [6, 6.07) is 0. The van der Waals surface area contributed by atoms with E-state index < -0.39 is 0 Å². The first-order valence-corrected chi connectivity index (χ1v) is 2.97. The molecule has 0 bridgehead atoms. The molecule has 0 N–H and O–H groups in total. The molecule has 0 nitrogen and oxygen atoms in total. The van der Waals surface area contributed by atoms with Crippen molar-refractivity contribution < 1.29 is 0 Å². The zero-order chi connectivity index (χ0) is 6.41. The monoisotopic (exact) mass is 109 g/mol. The maximum absolute atomic E-state index is 5.20. The van der Waals surface area contributed by atoms with Crippen LogP contribution in [-0.4, -0.2) is 0 Å². The fraction of sp³-hybridized carbons (Fsp3) is 0.500. The first-order chi connectivity index (χ1) is 3.81. The molecule has 1 radical (unpaired) electrons. The second-order valence-corrected chi connectivity index (χ2v) is 1.97. The highest BCUT2D eigenvalue weighted by Crippen LogP contribution is 2.02. The molecule has 1 atom stereocenters. The van der Waals surface area contributed by atoms with Gasteiger partial charge in [0.05, 0.1) is 0 Å². The van der Waals surface area contributed by atoms with Crippen molar-refractivity contribution in [3.8, 4) is 0 Å². The van der Waals surface area contributed by atoms with Crippen LogP contribution >= 0.6 is 0 Å². The van der Waals surface area contributed by atoms with Gasteiger partial charge in [0.15, 0.2) is 0 Å². The smallest absolute Gasteiger partial charge is 0.0227 e. The van der Waals surface area contributed by atoms with Crippen molar-refractivity contribution in [1.29, 1.82) is 0 Å². The van der Waals surface area contributed by atoms with Crippen molar-refractivity contribution in [2.75, 3.05) is 0 Å². The van der Waals surface area contributed by atoms with E-state index in [9.17, 15) is 0 Å². The summed E-state index contributed by atoms with van der Waals surface area (Å²) in [5.74, 6) is 0.602. The first-order valence-electron chi connectivity index (χ1n) is 2.97. The summed E-state index contributed by atoms with van der Waals surface area (Å²) in [6.07, 6.45) is 6.87. The van der Waals surface area contributed by atoms with Crippen molar-refractivity contribution in [2.24, 2.45) is 5.92 Å². The number of rotatable bonds is 3. The van der Waals surface area contributed by atoms with Crippen molar-refractivity contribution in [2.45, 2.75) is 20.3 Å². The molecule has 0 spiro atoms. The summed E-state index contributed by atoms with van der Waals surface area (Å²) in [6.45, 7) is 9.36. The molecule has 0 aromatic heterocycles. The maximum Gasteiger partial charge on any atom is -0.0227 e. The Kier molecular flexibility index (Phi) is 4.33. The molecule has 0 aromatic rings. The van der Waals surface area contributed by atoms with E-state index in [2.05, 4.69) is 13.0 Å². The van der Waals surface area contributed by atoms with Gasteiger partial charge in [-0.2, -0.15) is 0 Å². The van der Waals surface area contributed by atoms with Crippen LogP contribution in [-0.2, 0) is 0 Å². The summed E-state index contributed by atoms with van der Waals surface area (Å²) in [5, 5.41) is 0. The molecule has 0 heteroatoms. The van der Waals surface area contributed by atoms with Crippen LogP contribution in [0.1, 0.15) is 20.3 Å². The zero-order valence-corrected chi connectivity index (χ0v) is 5.59. The number of hydrogen-bond acceptors (Lipinski definition) is 0. The number of allylic oxidation sites excluding steroid dienone is 3. The lowest BCUT2D eigenvalue weighted by molar-refractivity contribution is 0.744. The van der Waals surface area contributed by atoms with Gasteiger partial charge in [-0.05, 0) is 19.3 Å². The SMILES string of the molecule is [CH]=CCC(C)C=CC. The maximum atomic E-state index is 5.20. The lowest BCUT2D eigenvalue weighted by atomic mass is 10.1. The van der Waals surface area contributed by atoms with E-state index in [1.54, 1.807) is 6.08 Å². The minimum absolute atomic E-state index is 0.602. The van der Waals surface area contributed by atoms with E-state index in [1.165, 1.54) is 0 Å². The van der Waals surface area contributed by atoms with Crippen LogP contribution in [0.3, 0.4) is 0 Å². The Morgan fingerprint density at radius 3 is 2.62 bits per heavy atom. The molecule has 0 saturated heterocycles. The van der Waals surface area contributed by atoms with E-state index in [-0.39, 0.29) is 0 Å². The molecular weight excluding hydrogens is 96.1 g/mol. The van der Waals surface area contributed by atoms with Crippen LogP contribution in [0.15, 0.2) is 18.2 Å². The predicted molar refractivity (Wildman–Crippen MR) is 37.5 cm³/mol. The minimum atomic E-state index is 0.602. The first kappa shape index (κ1) is 7.48. The Morgan fingerprint density at radius 2 is 2.25 bits per heavy atom. The van der Waals surface area contributed by atoms with Gasteiger partial charge in [-0.1, -0.05) is 31.7 Å². The Balaban J connectivity index is 3.31. The van der Waals surface area contributed by atoms with E-state index in [0.717, 1.165) is 6.42 Å². The van der Waals surface area contributed by atoms with Crippen LogP contribution in [0.5, 0.6) is 0 Å². The van der Waals surface area contributed by atoms with E-state index in [0.29, 0.717) is 5.92 Å². The molecule has 0 amide bonds. The van der Waals surface area contributed by atoms with Gasteiger partial charge in [0.25, 0.3) is 0 Å². The van der Waals surface area contributed by atoms with Crippen molar-refractivity contribution in [3.05, 3.63) is 24.8 Å². The highest BCUT2D eigenvalue weighted by atomic mass is 13.9. The van der Waals surface area contributed by atoms with Gasteiger partial charge in [0, 0.05) is 0 Å². The second-order valence-electron chi connectivity index (χ2n) is 1.97. The molecule has 45 valence electrons. The third-order valence-electron chi connectivity index (χ3n) is 1.03. The summed E-state index contributed by atoms with van der Waals surface area (Å²) in [5.41, 5.74) is 0. The topological polar surface area (TPSA) is 0 Å². The normalized spacial score (nSPS) is 14.2. The van der Waals surface area contributed by atoms with Crippen LogP contribution < -0.4 is 0 Å². The lowest BCUT2D eigenvalue weighted by Crippen LogP contribution is -1.83. The van der Waals surface area contributed by atoms with Gasteiger partial charge in [-0.25, -0.2) is 0 Å². The molecule has 0 saturated carbocycles. The van der Waals surface area contributed by atoms with Crippen LogP contribution in [0.25, 0.3) is 0 Å². The molecule has 0 heterocycles. The second kappa shape index (κ2) is 4.63. The highest BCUT2D eigenvalue weighted by molar-refractivity contribution is 4.86. The Labute approximate surface area is 51.9 Å². The van der Waals surface area contributed by atoms with Gasteiger partial charge in [0.1, 0.15) is 0 Å². The summed E-state index contributed by atoms with van der Waals surface area (Å²) < 4.78 is 0. The number of hydrogen-bond donors (Lipinski definition) is 0.